The standard InChI is InChI=1S/C19H24N2O5S2/c1-25-17-8-7-15(20-19(22)6-2-4-16-5-3-13-27-16)14-18(17)28(23,24)21-9-11-26-12-10-21/h3,5,7-8,13-14H,2,4,6,9-12H2,1H3,(H,20,22). The zero-order valence-electron chi connectivity index (χ0n) is 15.7. The van der Waals surface area contributed by atoms with Crippen molar-refractivity contribution >= 4 is 33.0 Å². The summed E-state index contributed by atoms with van der Waals surface area (Å²) < 4.78 is 37.8. The Morgan fingerprint density at radius 3 is 2.75 bits per heavy atom. The number of morpholine rings is 1. The van der Waals surface area contributed by atoms with Crippen LogP contribution in [0.25, 0.3) is 0 Å². The van der Waals surface area contributed by atoms with E-state index in [9.17, 15) is 13.2 Å². The zero-order valence-corrected chi connectivity index (χ0v) is 17.4. The van der Waals surface area contributed by atoms with E-state index in [-0.39, 0.29) is 16.6 Å². The molecule has 0 aliphatic carbocycles. The Morgan fingerprint density at radius 1 is 1.29 bits per heavy atom. The van der Waals surface area contributed by atoms with Gasteiger partial charge in [0.1, 0.15) is 10.6 Å². The minimum atomic E-state index is -3.73. The molecule has 2 heterocycles. The van der Waals surface area contributed by atoms with Crippen LogP contribution in [0.3, 0.4) is 0 Å². The molecule has 1 aromatic carbocycles. The first kappa shape index (κ1) is 20.8. The lowest BCUT2D eigenvalue weighted by Crippen LogP contribution is -2.40. The molecule has 0 radical (unpaired) electrons. The molecule has 1 aliphatic rings. The quantitative estimate of drug-likeness (QED) is 0.704. The highest BCUT2D eigenvalue weighted by Crippen LogP contribution is 2.30. The van der Waals surface area contributed by atoms with Gasteiger partial charge in [0.15, 0.2) is 0 Å². The molecule has 0 unspecified atom stereocenters. The summed E-state index contributed by atoms with van der Waals surface area (Å²) in [7, 11) is -2.30. The Bertz CT molecular complexity index is 891. The fourth-order valence-corrected chi connectivity index (χ4v) is 5.32. The second-order valence-electron chi connectivity index (χ2n) is 6.36. The SMILES string of the molecule is COc1ccc(NC(=O)CCCc2cccs2)cc1S(=O)(=O)N1CCOCC1. The Kier molecular flexibility index (Phi) is 7.06. The van der Waals surface area contributed by atoms with E-state index in [0.717, 1.165) is 12.8 Å². The van der Waals surface area contributed by atoms with Gasteiger partial charge in [-0.1, -0.05) is 6.07 Å². The number of hydrogen-bond donors (Lipinski definition) is 1. The van der Waals surface area contributed by atoms with Crippen molar-refractivity contribution < 1.29 is 22.7 Å². The first-order valence-corrected chi connectivity index (χ1v) is 11.4. The second kappa shape index (κ2) is 9.51. The Labute approximate surface area is 169 Å². The molecular formula is C19H24N2O5S2. The molecule has 28 heavy (non-hydrogen) atoms. The molecule has 1 fully saturated rings. The lowest BCUT2D eigenvalue weighted by Gasteiger charge is -2.26. The Hall–Kier alpha value is -1.94. The van der Waals surface area contributed by atoms with Crippen LogP contribution in [0.15, 0.2) is 40.6 Å². The van der Waals surface area contributed by atoms with Crippen LogP contribution in [-0.4, -0.2) is 52.0 Å². The van der Waals surface area contributed by atoms with Gasteiger partial charge < -0.3 is 14.8 Å². The van der Waals surface area contributed by atoms with Crippen LogP contribution in [0, 0.1) is 0 Å². The van der Waals surface area contributed by atoms with Gasteiger partial charge in [-0.3, -0.25) is 4.79 Å². The fourth-order valence-electron chi connectivity index (χ4n) is 2.98. The number of anilines is 1. The number of methoxy groups -OCH3 is 1. The highest BCUT2D eigenvalue weighted by Gasteiger charge is 2.29. The molecular weight excluding hydrogens is 400 g/mol. The molecule has 2 aromatic rings. The van der Waals surface area contributed by atoms with Crippen LogP contribution in [0.1, 0.15) is 17.7 Å². The number of thiophene rings is 1. The van der Waals surface area contributed by atoms with Gasteiger partial charge in [-0.15, -0.1) is 11.3 Å². The lowest BCUT2D eigenvalue weighted by atomic mass is 10.2. The van der Waals surface area contributed by atoms with Crippen LogP contribution in [0.4, 0.5) is 5.69 Å². The number of ether oxygens (including phenoxy) is 2. The van der Waals surface area contributed by atoms with Gasteiger partial charge in [-0.2, -0.15) is 4.31 Å². The van der Waals surface area contributed by atoms with Crippen molar-refractivity contribution in [1.82, 2.24) is 4.31 Å². The normalized spacial score (nSPS) is 15.3. The maximum absolute atomic E-state index is 13.0. The van der Waals surface area contributed by atoms with Gasteiger partial charge in [-0.25, -0.2) is 8.42 Å². The summed E-state index contributed by atoms with van der Waals surface area (Å²) >= 11 is 1.67. The van der Waals surface area contributed by atoms with Crippen molar-refractivity contribution in [1.29, 1.82) is 0 Å². The third-order valence-electron chi connectivity index (χ3n) is 4.44. The molecule has 1 saturated heterocycles. The molecule has 0 saturated carbocycles. The van der Waals surface area contributed by atoms with E-state index >= 15 is 0 Å². The Morgan fingerprint density at radius 2 is 2.07 bits per heavy atom. The van der Waals surface area contributed by atoms with Gasteiger partial charge in [0.05, 0.1) is 20.3 Å². The molecule has 0 spiro atoms. The molecule has 1 amide bonds. The summed E-state index contributed by atoms with van der Waals surface area (Å²) in [5.74, 6) is 0.110. The van der Waals surface area contributed by atoms with E-state index in [1.807, 2.05) is 11.4 Å². The largest absolute Gasteiger partial charge is 0.495 e. The number of carbonyl (C=O) groups excluding carboxylic acids is 1. The minimum absolute atomic E-state index is 0.0493. The first-order chi connectivity index (χ1) is 13.5. The number of rotatable bonds is 8. The maximum Gasteiger partial charge on any atom is 0.246 e. The zero-order chi connectivity index (χ0) is 20.0. The number of hydrogen-bond acceptors (Lipinski definition) is 6. The second-order valence-corrected chi connectivity index (χ2v) is 9.30. The highest BCUT2D eigenvalue weighted by atomic mass is 32.2. The fraction of sp³-hybridized carbons (Fsp3) is 0.421. The van der Waals surface area contributed by atoms with Gasteiger partial charge in [0.2, 0.25) is 15.9 Å². The van der Waals surface area contributed by atoms with Gasteiger partial charge >= 0.3 is 0 Å². The van der Waals surface area contributed by atoms with Gasteiger partial charge in [0.25, 0.3) is 0 Å². The van der Waals surface area contributed by atoms with E-state index in [0.29, 0.717) is 38.4 Å². The predicted octanol–water partition coefficient (Wildman–Crippen LogP) is 2.74. The highest BCUT2D eigenvalue weighted by molar-refractivity contribution is 7.89. The Balaban J connectivity index is 1.68. The maximum atomic E-state index is 13.0. The third-order valence-corrected chi connectivity index (χ3v) is 7.30. The van der Waals surface area contributed by atoms with Crippen LogP contribution in [0.2, 0.25) is 0 Å². The summed E-state index contributed by atoms with van der Waals surface area (Å²) in [4.78, 5) is 13.5. The summed E-state index contributed by atoms with van der Waals surface area (Å²) in [6, 6.07) is 8.71. The minimum Gasteiger partial charge on any atom is -0.495 e. The molecule has 1 aromatic heterocycles. The summed E-state index contributed by atoms with van der Waals surface area (Å²) in [5, 5.41) is 4.81. The number of nitrogens with zero attached hydrogens (tertiary/aromatic N) is 1. The summed E-state index contributed by atoms with van der Waals surface area (Å²) in [6.45, 7) is 1.32. The third kappa shape index (κ3) is 5.11. The van der Waals surface area contributed by atoms with E-state index in [1.54, 1.807) is 23.5 Å². The molecule has 0 atom stereocenters. The van der Waals surface area contributed by atoms with Crippen LogP contribution in [-0.2, 0) is 26.0 Å². The van der Waals surface area contributed by atoms with Crippen molar-refractivity contribution in [2.24, 2.45) is 0 Å². The van der Waals surface area contributed by atoms with E-state index in [4.69, 9.17) is 9.47 Å². The molecule has 1 N–H and O–H groups in total. The van der Waals surface area contributed by atoms with E-state index < -0.39 is 10.0 Å². The van der Waals surface area contributed by atoms with Crippen LogP contribution < -0.4 is 10.1 Å². The van der Waals surface area contributed by atoms with Crippen LogP contribution >= 0.6 is 11.3 Å². The number of benzene rings is 1. The van der Waals surface area contributed by atoms with Crippen molar-refractivity contribution in [3.8, 4) is 5.75 Å². The average molecular weight is 425 g/mol. The van der Waals surface area contributed by atoms with Gasteiger partial charge in [-0.05, 0) is 42.5 Å². The molecule has 152 valence electrons. The van der Waals surface area contributed by atoms with Crippen molar-refractivity contribution in [3.63, 3.8) is 0 Å². The van der Waals surface area contributed by atoms with Crippen LogP contribution in [0.5, 0.6) is 5.75 Å². The number of sulfonamides is 1. The molecule has 3 rings (SSSR count). The van der Waals surface area contributed by atoms with E-state index in [2.05, 4.69) is 11.4 Å². The monoisotopic (exact) mass is 424 g/mol. The number of carbonyl (C=O) groups is 1. The predicted molar refractivity (Wildman–Crippen MR) is 108 cm³/mol. The topological polar surface area (TPSA) is 84.9 Å². The molecule has 1 aliphatic heterocycles. The van der Waals surface area contributed by atoms with Crippen molar-refractivity contribution in [2.75, 3.05) is 38.7 Å². The summed E-state index contributed by atoms with van der Waals surface area (Å²) in [6.07, 6.45) is 1.96. The van der Waals surface area contributed by atoms with Crippen molar-refractivity contribution in [3.05, 3.63) is 40.6 Å². The number of aryl methyl sites for hydroxylation is 1. The molecule has 0 bridgehead atoms. The smallest absolute Gasteiger partial charge is 0.246 e. The molecule has 9 heteroatoms. The first-order valence-electron chi connectivity index (χ1n) is 9.09. The number of nitrogens with one attached hydrogen (secondary N) is 1. The lowest BCUT2D eigenvalue weighted by molar-refractivity contribution is -0.116. The summed E-state index contributed by atoms with van der Waals surface area (Å²) in [5.41, 5.74) is 0.439. The number of amides is 1. The van der Waals surface area contributed by atoms with Gasteiger partial charge in [0, 0.05) is 30.1 Å². The average Bonchev–Trinajstić information content (AvgIpc) is 3.22. The molecule has 7 nitrogen and oxygen atoms in total. The van der Waals surface area contributed by atoms with Crippen molar-refractivity contribution in [2.45, 2.75) is 24.2 Å². The van der Waals surface area contributed by atoms with E-state index in [1.165, 1.54) is 22.4 Å².